The largest absolute Gasteiger partial charge is 0.481 e. The summed E-state index contributed by atoms with van der Waals surface area (Å²) < 4.78 is 15.6. The molecule has 2 heterocycles. The van der Waals surface area contributed by atoms with Gasteiger partial charge in [0.1, 0.15) is 18.4 Å². The van der Waals surface area contributed by atoms with Gasteiger partial charge < -0.3 is 21.1 Å². The van der Waals surface area contributed by atoms with Gasteiger partial charge in [-0.15, -0.1) is 0 Å². The number of rotatable bonds is 8. The molecule has 2 aromatic carbocycles. The van der Waals surface area contributed by atoms with E-state index in [1.165, 1.54) is 22.9 Å². The molecule has 1 aromatic heterocycles. The van der Waals surface area contributed by atoms with Crippen LogP contribution in [0, 0.1) is 11.7 Å². The molecular weight excluding hydrogens is 517 g/mol. The van der Waals surface area contributed by atoms with Crippen molar-refractivity contribution >= 4 is 46.2 Å². The molecule has 38 heavy (non-hydrogen) atoms. The van der Waals surface area contributed by atoms with Crippen LogP contribution in [-0.2, 0) is 33.9 Å². The molecule has 0 radical (unpaired) electrons. The Morgan fingerprint density at radius 2 is 1.97 bits per heavy atom. The van der Waals surface area contributed by atoms with Crippen LogP contribution in [0.15, 0.2) is 36.4 Å². The number of halogens is 2. The van der Waals surface area contributed by atoms with E-state index in [9.17, 15) is 23.6 Å². The molecule has 3 aromatic rings. The standard InChI is InChI=1S/C26H25ClFN5O5/c27-18-3-1-2-15(22(18)28)11-30-26(38)24-14-5-6-16(10-14)33(24)20(34)12-32-19-7-4-13(9-21(35)36)8-17(19)23(31-32)25(29)37/h1-4,7-8,14,16,24H,5-6,9-12H2,(H2,29,37)(H,30,38)(H,35,36)/t14-,16+,24-/m0/s1. The van der Waals surface area contributed by atoms with Crippen molar-refractivity contribution in [2.75, 3.05) is 0 Å². The third-order valence-electron chi connectivity index (χ3n) is 7.32. The van der Waals surface area contributed by atoms with Crippen molar-refractivity contribution in [1.29, 1.82) is 0 Å². The lowest BCUT2D eigenvalue weighted by Crippen LogP contribution is -2.53. The normalized spacial score (nSPS) is 20.2. The van der Waals surface area contributed by atoms with E-state index in [1.807, 2.05) is 0 Å². The number of nitrogens with one attached hydrogen (secondary N) is 1. The van der Waals surface area contributed by atoms with Crippen molar-refractivity contribution in [2.45, 2.75) is 50.9 Å². The summed E-state index contributed by atoms with van der Waals surface area (Å²) >= 11 is 5.84. The summed E-state index contributed by atoms with van der Waals surface area (Å²) in [5, 5.41) is 16.4. The fourth-order valence-corrected chi connectivity index (χ4v) is 5.87. The predicted molar refractivity (Wildman–Crippen MR) is 135 cm³/mol. The number of primary amides is 1. The second-order valence-electron chi connectivity index (χ2n) is 9.70. The van der Waals surface area contributed by atoms with Crippen LogP contribution in [0.3, 0.4) is 0 Å². The number of carbonyl (C=O) groups is 4. The minimum Gasteiger partial charge on any atom is -0.481 e. The summed E-state index contributed by atoms with van der Waals surface area (Å²) in [7, 11) is 0. The lowest BCUT2D eigenvalue weighted by atomic mass is 9.97. The first kappa shape index (κ1) is 25.7. The summed E-state index contributed by atoms with van der Waals surface area (Å²) in [5.74, 6) is -3.16. The smallest absolute Gasteiger partial charge is 0.307 e. The van der Waals surface area contributed by atoms with Gasteiger partial charge in [-0.3, -0.25) is 23.9 Å². The Morgan fingerprint density at radius 3 is 2.71 bits per heavy atom. The number of nitrogens with zero attached hydrogens (tertiary/aromatic N) is 3. The molecule has 1 saturated heterocycles. The van der Waals surface area contributed by atoms with Gasteiger partial charge in [0.2, 0.25) is 11.8 Å². The van der Waals surface area contributed by atoms with E-state index < -0.39 is 23.7 Å². The van der Waals surface area contributed by atoms with E-state index in [4.69, 9.17) is 22.4 Å². The zero-order valence-corrected chi connectivity index (χ0v) is 20.9. The predicted octanol–water partition coefficient (Wildman–Crippen LogP) is 2.25. The van der Waals surface area contributed by atoms with E-state index >= 15 is 0 Å². The van der Waals surface area contributed by atoms with Crippen molar-refractivity contribution in [1.82, 2.24) is 20.0 Å². The molecule has 2 fully saturated rings. The fourth-order valence-electron chi connectivity index (χ4n) is 5.68. The topological polar surface area (TPSA) is 148 Å². The van der Waals surface area contributed by atoms with E-state index in [0.29, 0.717) is 22.9 Å². The molecule has 0 unspecified atom stereocenters. The number of hydrogen-bond acceptors (Lipinski definition) is 5. The molecule has 2 bridgehead atoms. The quantitative estimate of drug-likeness (QED) is 0.398. The molecule has 5 rings (SSSR count). The molecule has 1 aliphatic carbocycles. The highest BCUT2D eigenvalue weighted by Crippen LogP contribution is 2.42. The average molecular weight is 542 g/mol. The summed E-state index contributed by atoms with van der Waals surface area (Å²) in [4.78, 5) is 51.5. The molecular formula is C26H25ClFN5O5. The third-order valence-corrected chi connectivity index (χ3v) is 7.61. The first-order valence-electron chi connectivity index (χ1n) is 12.2. The molecule has 198 valence electrons. The van der Waals surface area contributed by atoms with E-state index in [-0.39, 0.29) is 59.6 Å². The van der Waals surface area contributed by atoms with Gasteiger partial charge in [-0.1, -0.05) is 29.8 Å². The molecule has 4 N–H and O–H groups in total. The second-order valence-corrected chi connectivity index (χ2v) is 10.1. The van der Waals surface area contributed by atoms with Crippen LogP contribution in [0.4, 0.5) is 4.39 Å². The number of fused-ring (bicyclic) bond motifs is 3. The summed E-state index contributed by atoms with van der Waals surface area (Å²) in [5.41, 5.74) is 6.58. The fraction of sp³-hybridized carbons (Fsp3) is 0.346. The Bertz CT molecular complexity index is 1470. The average Bonchev–Trinajstić information content (AvgIpc) is 3.58. The monoisotopic (exact) mass is 541 g/mol. The van der Waals surface area contributed by atoms with Crippen LogP contribution in [0.1, 0.15) is 40.9 Å². The Kier molecular flexibility index (Phi) is 6.78. The molecule has 3 atom stereocenters. The first-order valence-corrected chi connectivity index (χ1v) is 12.5. The van der Waals surface area contributed by atoms with Crippen LogP contribution in [0.25, 0.3) is 10.9 Å². The molecule has 1 saturated carbocycles. The minimum absolute atomic E-state index is 0.0118. The Labute approximate surface area is 221 Å². The van der Waals surface area contributed by atoms with Crippen LogP contribution >= 0.6 is 11.6 Å². The zero-order valence-electron chi connectivity index (χ0n) is 20.2. The molecule has 2 aliphatic rings. The Hall–Kier alpha value is -3.99. The van der Waals surface area contributed by atoms with E-state index in [0.717, 1.165) is 12.8 Å². The third kappa shape index (κ3) is 4.69. The highest BCUT2D eigenvalue weighted by molar-refractivity contribution is 6.30. The van der Waals surface area contributed by atoms with Crippen molar-refractivity contribution in [3.05, 3.63) is 64.1 Å². The SMILES string of the molecule is NC(=O)c1nn(CC(=O)N2[C@@H]3CC[C@@H](C3)[C@H]2C(=O)NCc2cccc(Cl)c2F)c2ccc(CC(=O)O)cc12. The Morgan fingerprint density at radius 1 is 1.18 bits per heavy atom. The Balaban J connectivity index is 1.37. The molecule has 3 amide bonds. The maximum Gasteiger partial charge on any atom is 0.307 e. The van der Waals surface area contributed by atoms with Crippen LogP contribution in [0.2, 0.25) is 5.02 Å². The maximum absolute atomic E-state index is 14.3. The van der Waals surface area contributed by atoms with Gasteiger partial charge in [-0.25, -0.2) is 4.39 Å². The van der Waals surface area contributed by atoms with E-state index in [1.54, 1.807) is 23.1 Å². The van der Waals surface area contributed by atoms with Crippen molar-refractivity contribution in [2.24, 2.45) is 11.7 Å². The number of benzene rings is 2. The number of carbonyl (C=O) groups excluding carboxylic acids is 3. The van der Waals surface area contributed by atoms with Crippen LogP contribution in [0.5, 0.6) is 0 Å². The van der Waals surface area contributed by atoms with Gasteiger partial charge in [0.05, 0.1) is 17.0 Å². The number of aromatic nitrogens is 2. The molecule has 12 heteroatoms. The van der Waals surface area contributed by atoms with Gasteiger partial charge in [-0.05, 0) is 48.9 Å². The maximum atomic E-state index is 14.3. The first-order chi connectivity index (χ1) is 18.1. The zero-order chi connectivity index (χ0) is 27.1. The molecule has 0 spiro atoms. The van der Waals surface area contributed by atoms with Gasteiger partial charge in [0, 0.05) is 23.5 Å². The number of nitrogens with two attached hydrogens (primary N) is 1. The summed E-state index contributed by atoms with van der Waals surface area (Å²) in [6.45, 7) is -0.302. The second kappa shape index (κ2) is 10.1. The number of hydrogen-bond donors (Lipinski definition) is 3. The van der Waals surface area contributed by atoms with Gasteiger partial charge in [0.25, 0.3) is 5.91 Å². The number of carboxylic acids is 1. The number of aliphatic carboxylic acids is 1. The number of piperidine rings is 1. The van der Waals surface area contributed by atoms with Crippen molar-refractivity contribution < 1.29 is 28.7 Å². The number of likely N-dealkylation sites (tertiary alicyclic amines) is 1. The highest BCUT2D eigenvalue weighted by atomic mass is 35.5. The van der Waals surface area contributed by atoms with Gasteiger partial charge in [-0.2, -0.15) is 5.10 Å². The molecule has 10 nitrogen and oxygen atoms in total. The van der Waals surface area contributed by atoms with Crippen molar-refractivity contribution in [3.63, 3.8) is 0 Å². The van der Waals surface area contributed by atoms with Crippen LogP contribution < -0.4 is 11.1 Å². The van der Waals surface area contributed by atoms with E-state index in [2.05, 4.69) is 10.4 Å². The lowest BCUT2D eigenvalue weighted by molar-refractivity contribution is -0.143. The van der Waals surface area contributed by atoms with Crippen LogP contribution in [-0.4, -0.2) is 55.6 Å². The summed E-state index contributed by atoms with van der Waals surface area (Å²) in [6.07, 6.45) is 2.03. The van der Waals surface area contributed by atoms with Gasteiger partial charge >= 0.3 is 5.97 Å². The minimum atomic E-state index is -1.03. The summed E-state index contributed by atoms with van der Waals surface area (Å²) in [6, 6.07) is 8.46. The number of carboxylic acid groups (broad SMARTS) is 1. The lowest BCUT2D eigenvalue weighted by Gasteiger charge is -2.34. The highest BCUT2D eigenvalue weighted by Gasteiger charge is 2.51. The van der Waals surface area contributed by atoms with Crippen molar-refractivity contribution in [3.8, 4) is 0 Å². The van der Waals surface area contributed by atoms with Gasteiger partial charge in [0.15, 0.2) is 5.69 Å². The molecule has 1 aliphatic heterocycles. The number of amides is 3.